The molecule has 172 valence electrons. The summed E-state index contributed by atoms with van der Waals surface area (Å²) in [6.45, 7) is 1.54. The third-order valence-corrected chi connectivity index (χ3v) is 4.78. The normalized spacial score (nSPS) is 17.2. The number of amides is 1. The molecule has 3 heterocycles. The Balaban J connectivity index is 0.000000255. The number of carbonyl (C=O) groups excluding carboxylic acids is 1. The van der Waals surface area contributed by atoms with Crippen LogP contribution in [0.25, 0.3) is 10.9 Å². The highest BCUT2D eigenvalue weighted by atomic mass is 19.2. The monoisotopic (exact) mass is 449 g/mol. The van der Waals surface area contributed by atoms with E-state index < -0.39 is 24.1 Å². The van der Waals surface area contributed by atoms with Crippen molar-refractivity contribution in [2.24, 2.45) is 5.73 Å². The van der Waals surface area contributed by atoms with Crippen LogP contribution in [0.4, 0.5) is 8.78 Å². The third kappa shape index (κ3) is 5.72. The van der Waals surface area contributed by atoms with Gasteiger partial charge in [-0.2, -0.15) is 0 Å². The van der Waals surface area contributed by atoms with Crippen LogP contribution in [0.1, 0.15) is 47.6 Å². The fourth-order valence-electron chi connectivity index (χ4n) is 3.28. The summed E-state index contributed by atoms with van der Waals surface area (Å²) in [6.07, 6.45) is 3.38. The molecule has 0 radical (unpaired) electrons. The number of hydrogen-bond acceptors (Lipinski definition) is 6. The zero-order valence-electron chi connectivity index (χ0n) is 17.6. The number of ether oxygens (including phenoxy) is 1. The van der Waals surface area contributed by atoms with E-state index >= 15 is 0 Å². The summed E-state index contributed by atoms with van der Waals surface area (Å²) in [5, 5.41) is 15.7. The van der Waals surface area contributed by atoms with Gasteiger partial charge in [0.2, 0.25) is 0 Å². The van der Waals surface area contributed by atoms with Crippen molar-refractivity contribution in [3.63, 3.8) is 0 Å². The summed E-state index contributed by atoms with van der Waals surface area (Å²) in [6, 6.07) is 6.82. The Bertz CT molecular complexity index is 1140. The molecule has 0 aliphatic carbocycles. The fraction of sp³-hybridized carbons (Fsp3) is 0.318. The lowest BCUT2D eigenvalue weighted by Gasteiger charge is -2.12. The number of rotatable bonds is 3. The van der Waals surface area contributed by atoms with Crippen LogP contribution in [0, 0.1) is 11.6 Å². The maximum Gasteiger partial charge on any atom is 0.268 e. The van der Waals surface area contributed by atoms with Crippen LogP contribution in [0.2, 0.25) is 0 Å². The molecule has 1 saturated heterocycles. The van der Waals surface area contributed by atoms with E-state index in [9.17, 15) is 18.4 Å². The molecule has 1 aliphatic rings. The molecule has 1 fully saturated rings. The van der Waals surface area contributed by atoms with Gasteiger partial charge in [0, 0.05) is 30.6 Å². The Hall–Kier alpha value is -3.21. The SMILES string of the molecule is CC1CCC(c2cc(=O)c3c(C(N)=O)nccc3[nH]2)O1.CO.OCc1cccc(F)c1F. The number of nitrogens with one attached hydrogen (secondary N) is 1. The number of primary amides is 1. The van der Waals surface area contributed by atoms with E-state index in [0.29, 0.717) is 5.52 Å². The van der Waals surface area contributed by atoms with Crippen LogP contribution in [0.5, 0.6) is 0 Å². The molecule has 8 nitrogen and oxygen atoms in total. The van der Waals surface area contributed by atoms with E-state index in [4.69, 9.17) is 20.7 Å². The summed E-state index contributed by atoms with van der Waals surface area (Å²) < 4.78 is 30.5. The van der Waals surface area contributed by atoms with Crippen LogP contribution in [0.15, 0.2) is 41.3 Å². The Labute approximate surface area is 182 Å². The molecule has 0 bridgehead atoms. The number of nitrogens with two attached hydrogens (primary N) is 1. The average molecular weight is 449 g/mol. The third-order valence-electron chi connectivity index (χ3n) is 4.78. The van der Waals surface area contributed by atoms with E-state index in [1.165, 1.54) is 24.4 Å². The first-order valence-corrected chi connectivity index (χ1v) is 9.77. The number of hydrogen-bond donors (Lipinski definition) is 4. The Kier molecular flexibility index (Phi) is 8.94. The highest BCUT2D eigenvalue weighted by Crippen LogP contribution is 2.31. The van der Waals surface area contributed by atoms with Gasteiger partial charge < -0.3 is 25.7 Å². The van der Waals surface area contributed by atoms with Gasteiger partial charge in [-0.1, -0.05) is 12.1 Å². The van der Waals surface area contributed by atoms with E-state index in [0.717, 1.165) is 31.7 Å². The molecule has 1 aliphatic heterocycles. The molecule has 2 aromatic heterocycles. The van der Waals surface area contributed by atoms with Crippen molar-refractivity contribution in [2.45, 2.75) is 38.6 Å². The standard InChI is InChI=1S/C14H15N3O3.C7H6F2O.CH4O/c1-7-2-3-11(20-7)9-6-10(18)12-8(17-9)4-5-16-13(12)14(15)19;8-6-3-1-2-5(4-10)7(6)9;1-2/h4-7,11H,2-3H2,1H3,(H2,15,19)(H,17,18);1-3,10H,4H2;2H,1H3. The summed E-state index contributed by atoms with van der Waals surface area (Å²) in [5.74, 6) is -2.60. The number of carbonyl (C=O) groups is 1. The minimum atomic E-state index is -0.968. The topological polar surface area (TPSA) is 139 Å². The highest BCUT2D eigenvalue weighted by molar-refractivity contribution is 6.03. The largest absolute Gasteiger partial charge is 0.400 e. The number of aliphatic hydroxyl groups excluding tert-OH is 2. The number of benzene rings is 1. The summed E-state index contributed by atoms with van der Waals surface area (Å²) in [7, 11) is 1.00. The number of aromatic amines is 1. The van der Waals surface area contributed by atoms with E-state index in [1.807, 2.05) is 6.92 Å². The van der Waals surface area contributed by atoms with Gasteiger partial charge >= 0.3 is 0 Å². The summed E-state index contributed by atoms with van der Waals surface area (Å²) in [5.41, 5.74) is 6.25. The number of aliphatic hydroxyl groups is 2. The van der Waals surface area contributed by atoms with Crippen molar-refractivity contribution >= 4 is 16.8 Å². The van der Waals surface area contributed by atoms with Gasteiger partial charge in [-0.3, -0.25) is 14.6 Å². The van der Waals surface area contributed by atoms with E-state index in [2.05, 4.69) is 9.97 Å². The Morgan fingerprint density at radius 3 is 2.56 bits per heavy atom. The van der Waals surface area contributed by atoms with Gasteiger partial charge in [0.05, 0.1) is 29.7 Å². The zero-order valence-corrected chi connectivity index (χ0v) is 17.6. The second-order valence-electron chi connectivity index (χ2n) is 6.92. The number of aromatic nitrogens is 2. The van der Waals surface area contributed by atoms with Crippen LogP contribution < -0.4 is 11.2 Å². The molecule has 2 unspecified atom stereocenters. The minimum Gasteiger partial charge on any atom is -0.400 e. The lowest BCUT2D eigenvalue weighted by molar-refractivity contribution is 0.0532. The highest BCUT2D eigenvalue weighted by Gasteiger charge is 2.25. The maximum absolute atomic E-state index is 12.5. The van der Waals surface area contributed by atoms with Gasteiger partial charge in [-0.15, -0.1) is 0 Å². The van der Waals surface area contributed by atoms with Gasteiger partial charge in [0.15, 0.2) is 17.1 Å². The molecule has 1 aromatic carbocycles. The smallest absolute Gasteiger partial charge is 0.268 e. The van der Waals surface area contributed by atoms with Crippen molar-refractivity contribution < 1.29 is 28.5 Å². The van der Waals surface area contributed by atoms with Gasteiger partial charge in [0.1, 0.15) is 5.69 Å². The molecule has 3 aromatic rings. The zero-order chi connectivity index (χ0) is 23.8. The molecule has 0 spiro atoms. The Morgan fingerprint density at radius 1 is 1.28 bits per heavy atom. The molecule has 0 saturated carbocycles. The lowest BCUT2D eigenvalue weighted by atomic mass is 10.1. The molecule has 10 heteroatoms. The second kappa shape index (κ2) is 11.4. The van der Waals surface area contributed by atoms with Crippen molar-refractivity contribution in [3.8, 4) is 0 Å². The molecular weight excluding hydrogens is 424 g/mol. The molecule has 2 atom stereocenters. The summed E-state index contributed by atoms with van der Waals surface area (Å²) in [4.78, 5) is 30.6. The number of H-pyrrole nitrogens is 1. The quantitative estimate of drug-likeness (QED) is 0.484. The number of pyridine rings is 2. The fourth-order valence-corrected chi connectivity index (χ4v) is 3.28. The molecule has 5 N–H and O–H groups in total. The first-order valence-electron chi connectivity index (χ1n) is 9.77. The Morgan fingerprint density at radius 2 is 2.00 bits per heavy atom. The minimum absolute atomic E-state index is 0.00370. The molecule has 4 rings (SSSR count). The van der Waals surface area contributed by atoms with E-state index in [1.54, 1.807) is 6.07 Å². The predicted molar refractivity (Wildman–Crippen MR) is 114 cm³/mol. The first-order chi connectivity index (χ1) is 15.3. The van der Waals surface area contributed by atoms with Crippen molar-refractivity contribution in [3.05, 3.63) is 75.3 Å². The second-order valence-corrected chi connectivity index (χ2v) is 6.92. The first kappa shape index (κ1) is 25.1. The van der Waals surface area contributed by atoms with Gasteiger partial charge in [-0.25, -0.2) is 8.78 Å². The molecule has 32 heavy (non-hydrogen) atoms. The summed E-state index contributed by atoms with van der Waals surface area (Å²) >= 11 is 0. The number of fused-ring (bicyclic) bond motifs is 1. The van der Waals surface area contributed by atoms with Crippen molar-refractivity contribution in [1.82, 2.24) is 9.97 Å². The van der Waals surface area contributed by atoms with Crippen LogP contribution in [0.3, 0.4) is 0 Å². The lowest BCUT2D eigenvalue weighted by Crippen LogP contribution is -2.18. The molecule has 1 amide bonds. The average Bonchev–Trinajstić information content (AvgIpc) is 3.23. The number of halogens is 2. The van der Waals surface area contributed by atoms with Crippen LogP contribution >= 0.6 is 0 Å². The molecular formula is C22H25F2N3O5. The predicted octanol–water partition coefficient (Wildman–Crippen LogP) is 2.33. The van der Waals surface area contributed by atoms with Crippen LogP contribution in [-0.4, -0.2) is 39.3 Å². The van der Waals surface area contributed by atoms with E-state index in [-0.39, 0.29) is 34.3 Å². The van der Waals surface area contributed by atoms with Crippen molar-refractivity contribution in [1.29, 1.82) is 0 Å². The maximum atomic E-state index is 12.5. The van der Waals surface area contributed by atoms with Crippen molar-refractivity contribution in [2.75, 3.05) is 7.11 Å². The van der Waals surface area contributed by atoms with Gasteiger partial charge in [0.25, 0.3) is 5.91 Å². The van der Waals surface area contributed by atoms with Gasteiger partial charge in [-0.05, 0) is 31.9 Å². The van der Waals surface area contributed by atoms with Crippen LogP contribution in [-0.2, 0) is 11.3 Å². The number of nitrogens with zero attached hydrogens (tertiary/aromatic N) is 1.